The molecule has 3 heteroatoms. The maximum absolute atomic E-state index is 10.1. The standard InChI is InChI=1S/C14H18ClNO/c1-3-9-16(10-4-2)11-14(17)12-7-5-6-8-13(12)15/h3-8,14,17H,1-2,9-11H2. The van der Waals surface area contributed by atoms with Crippen LogP contribution >= 0.6 is 11.6 Å². The Balaban J connectivity index is 2.69. The molecule has 1 aromatic rings. The lowest BCUT2D eigenvalue weighted by atomic mass is 10.1. The van der Waals surface area contributed by atoms with Crippen LogP contribution in [0.3, 0.4) is 0 Å². The molecule has 0 fully saturated rings. The van der Waals surface area contributed by atoms with Gasteiger partial charge >= 0.3 is 0 Å². The third-order valence-corrected chi connectivity index (χ3v) is 2.81. The molecule has 0 bridgehead atoms. The first kappa shape index (κ1) is 14.0. The fraction of sp³-hybridized carbons (Fsp3) is 0.286. The molecule has 0 heterocycles. The Kier molecular flexibility index (Phi) is 5.98. The Labute approximate surface area is 108 Å². The normalized spacial score (nSPS) is 12.4. The molecule has 1 unspecified atom stereocenters. The summed E-state index contributed by atoms with van der Waals surface area (Å²) in [5.74, 6) is 0. The summed E-state index contributed by atoms with van der Waals surface area (Å²) in [6, 6.07) is 7.35. The molecule has 1 N–H and O–H groups in total. The van der Waals surface area contributed by atoms with Crippen molar-refractivity contribution < 1.29 is 5.11 Å². The lowest BCUT2D eigenvalue weighted by Gasteiger charge is -2.23. The molecule has 0 amide bonds. The number of hydrogen-bond acceptors (Lipinski definition) is 2. The zero-order valence-electron chi connectivity index (χ0n) is 9.85. The van der Waals surface area contributed by atoms with Crippen molar-refractivity contribution in [2.75, 3.05) is 19.6 Å². The summed E-state index contributed by atoms with van der Waals surface area (Å²) in [5.41, 5.74) is 0.757. The van der Waals surface area contributed by atoms with Crippen molar-refractivity contribution in [1.29, 1.82) is 0 Å². The van der Waals surface area contributed by atoms with Crippen LogP contribution in [0.25, 0.3) is 0 Å². The van der Waals surface area contributed by atoms with Crippen molar-refractivity contribution >= 4 is 11.6 Å². The molecule has 92 valence electrons. The van der Waals surface area contributed by atoms with Crippen LogP contribution in [-0.2, 0) is 0 Å². The lowest BCUT2D eigenvalue weighted by molar-refractivity contribution is 0.125. The highest BCUT2D eigenvalue weighted by Gasteiger charge is 2.14. The minimum absolute atomic E-state index is 0.516. The van der Waals surface area contributed by atoms with E-state index in [1.807, 2.05) is 35.3 Å². The van der Waals surface area contributed by atoms with Crippen LogP contribution in [0.2, 0.25) is 5.02 Å². The molecular formula is C14H18ClNO. The highest BCUT2D eigenvalue weighted by molar-refractivity contribution is 6.31. The van der Waals surface area contributed by atoms with Crippen LogP contribution in [0.5, 0.6) is 0 Å². The highest BCUT2D eigenvalue weighted by atomic mass is 35.5. The third-order valence-electron chi connectivity index (χ3n) is 2.47. The lowest BCUT2D eigenvalue weighted by Crippen LogP contribution is -2.29. The Morgan fingerprint density at radius 2 is 1.82 bits per heavy atom. The molecule has 0 spiro atoms. The van der Waals surface area contributed by atoms with E-state index in [-0.39, 0.29) is 0 Å². The first-order valence-corrected chi connectivity index (χ1v) is 5.93. The second-order valence-electron chi connectivity index (χ2n) is 3.83. The highest BCUT2D eigenvalue weighted by Crippen LogP contribution is 2.23. The van der Waals surface area contributed by atoms with Crippen LogP contribution in [0.1, 0.15) is 11.7 Å². The number of rotatable bonds is 7. The number of aliphatic hydroxyl groups excluding tert-OH is 1. The smallest absolute Gasteiger partial charge is 0.0931 e. The van der Waals surface area contributed by atoms with Crippen LogP contribution in [0.4, 0.5) is 0 Å². The van der Waals surface area contributed by atoms with E-state index >= 15 is 0 Å². The van der Waals surface area contributed by atoms with Crippen LogP contribution < -0.4 is 0 Å². The van der Waals surface area contributed by atoms with Crippen LogP contribution in [-0.4, -0.2) is 29.6 Å². The largest absolute Gasteiger partial charge is 0.387 e. The Morgan fingerprint density at radius 1 is 1.24 bits per heavy atom. The second kappa shape index (κ2) is 7.28. The van der Waals surface area contributed by atoms with Gasteiger partial charge in [0.25, 0.3) is 0 Å². The van der Waals surface area contributed by atoms with E-state index < -0.39 is 6.10 Å². The summed E-state index contributed by atoms with van der Waals surface area (Å²) < 4.78 is 0. The minimum Gasteiger partial charge on any atom is -0.387 e. The number of hydrogen-bond donors (Lipinski definition) is 1. The topological polar surface area (TPSA) is 23.5 Å². The van der Waals surface area contributed by atoms with Gasteiger partial charge in [0, 0.05) is 30.2 Å². The molecule has 17 heavy (non-hydrogen) atoms. The van der Waals surface area contributed by atoms with Gasteiger partial charge in [-0.25, -0.2) is 0 Å². The van der Waals surface area contributed by atoms with E-state index in [4.69, 9.17) is 11.6 Å². The van der Waals surface area contributed by atoms with Crippen LogP contribution in [0.15, 0.2) is 49.6 Å². The Morgan fingerprint density at radius 3 is 2.35 bits per heavy atom. The van der Waals surface area contributed by atoms with E-state index in [9.17, 15) is 5.11 Å². The molecule has 1 aromatic carbocycles. The van der Waals surface area contributed by atoms with Crippen molar-refractivity contribution in [2.45, 2.75) is 6.10 Å². The molecule has 0 aliphatic heterocycles. The molecule has 1 atom stereocenters. The zero-order chi connectivity index (χ0) is 12.7. The van der Waals surface area contributed by atoms with Gasteiger partial charge in [-0.1, -0.05) is 42.0 Å². The van der Waals surface area contributed by atoms with Crippen molar-refractivity contribution in [3.63, 3.8) is 0 Å². The van der Waals surface area contributed by atoms with Crippen LogP contribution in [0, 0.1) is 0 Å². The zero-order valence-corrected chi connectivity index (χ0v) is 10.6. The predicted molar refractivity (Wildman–Crippen MR) is 73.2 cm³/mol. The summed E-state index contributed by atoms with van der Waals surface area (Å²) in [6.07, 6.45) is 3.02. The summed E-state index contributed by atoms with van der Waals surface area (Å²) in [7, 11) is 0. The van der Waals surface area contributed by atoms with Gasteiger partial charge in [0.2, 0.25) is 0 Å². The number of aliphatic hydroxyl groups is 1. The third kappa shape index (κ3) is 4.35. The quantitative estimate of drug-likeness (QED) is 0.753. The molecule has 0 radical (unpaired) electrons. The van der Waals surface area contributed by atoms with Gasteiger partial charge in [0.15, 0.2) is 0 Å². The van der Waals surface area contributed by atoms with E-state index in [1.54, 1.807) is 6.07 Å². The average molecular weight is 252 g/mol. The van der Waals surface area contributed by atoms with E-state index in [0.29, 0.717) is 24.7 Å². The first-order valence-electron chi connectivity index (χ1n) is 5.55. The number of halogens is 1. The molecule has 0 saturated carbocycles. The Bertz CT molecular complexity index is 368. The summed E-state index contributed by atoms with van der Waals surface area (Å²) in [5, 5.41) is 10.7. The van der Waals surface area contributed by atoms with E-state index in [1.165, 1.54) is 0 Å². The molecule has 2 nitrogen and oxygen atoms in total. The van der Waals surface area contributed by atoms with Crippen molar-refractivity contribution in [1.82, 2.24) is 4.90 Å². The van der Waals surface area contributed by atoms with E-state index in [0.717, 1.165) is 5.56 Å². The van der Waals surface area contributed by atoms with Gasteiger partial charge in [-0.05, 0) is 6.07 Å². The summed E-state index contributed by atoms with van der Waals surface area (Å²) in [6.45, 7) is 9.34. The SMILES string of the molecule is C=CCN(CC=C)CC(O)c1ccccc1Cl. The summed E-state index contributed by atoms with van der Waals surface area (Å²) in [4.78, 5) is 2.05. The van der Waals surface area contributed by atoms with Crippen molar-refractivity contribution in [3.8, 4) is 0 Å². The maximum atomic E-state index is 10.1. The number of benzene rings is 1. The number of nitrogens with zero attached hydrogens (tertiary/aromatic N) is 1. The average Bonchev–Trinajstić information content (AvgIpc) is 2.30. The van der Waals surface area contributed by atoms with E-state index in [2.05, 4.69) is 13.2 Å². The van der Waals surface area contributed by atoms with Gasteiger partial charge in [-0.3, -0.25) is 4.90 Å². The van der Waals surface area contributed by atoms with Gasteiger partial charge in [0.1, 0.15) is 0 Å². The fourth-order valence-electron chi connectivity index (χ4n) is 1.68. The minimum atomic E-state index is -0.594. The molecular weight excluding hydrogens is 234 g/mol. The second-order valence-corrected chi connectivity index (χ2v) is 4.24. The molecule has 0 aliphatic rings. The molecule has 0 aliphatic carbocycles. The van der Waals surface area contributed by atoms with Gasteiger partial charge in [-0.15, -0.1) is 13.2 Å². The van der Waals surface area contributed by atoms with Crippen molar-refractivity contribution in [2.24, 2.45) is 0 Å². The summed E-state index contributed by atoms with van der Waals surface area (Å²) >= 11 is 6.04. The van der Waals surface area contributed by atoms with Gasteiger partial charge in [0.05, 0.1) is 6.10 Å². The maximum Gasteiger partial charge on any atom is 0.0931 e. The molecule has 1 rings (SSSR count). The molecule has 0 aromatic heterocycles. The van der Waals surface area contributed by atoms with Crippen molar-refractivity contribution in [3.05, 3.63) is 60.2 Å². The molecule has 0 saturated heterocycles. The van der Waals surface area contributed by atoms with Gasteiger partial charge < -0.3 is 5.11 Å². The predicted octanol–water partition coefficient (Wildman–Crippen LogP) is 3.05. The Hall–Kier alpha value is -1.09. The fourth-order valence-corrected chi connectivity index (χ4v) is 1.94. The monoisotopic (exact) mass is 251 g/mol. The first-order chi connectivity index (χ1) is 8.19. The van der Waals surface area contributed by atoms with Gasteiger partial charge in [-0.2, -0.15) is 0 Å².